The van der Waals surface area contributed by atoms with Gasteiger partial charge in [-0.1, -0.05) is 12.2 Å². The van der Waals surface area contributed by atoms with Gasteiger partial charge in [-0.15, -0.1) is 0 Å². The van der Waals surface area contributed by atoms with Crippen LogP contribution in [0.15, 0.2) is 30.5 Å². The first kappa shape index (κ1) is 16.2. The molecule has 0 saturated carbocycles. The Hall–Kier alpha value is -2.64. The van der Waals surface area contributed by atoms with Crippen LogP contribution in [0.1, 0.15) is 18.1 Å². The molecule has 1 aliphatic rings. The van der Waals surface area contributed by atoms with Crippen molar-refractivity contribution in [1.82, 2.24) is 9.97 Å². The van der Waals surface area contributed by atoms with Crippen LogP contribution in [0, 0.1) is 5.82 Å². The third kappa shape index (κ3) is 3.17. The fourth-order valence-electron chi connectivity index (χ4n) is 2.40. The predicted octanol–water partition coefficient (Wildman–Crippen LogP) is 4.23. The third-order valence-electron chi connectivity index (χ3n) is 3.64. The van der Waals surface area contributed by atoms with Crippen LogP contribution in [-0.4, -0.2) is 23.1 Å². The molecule has 2 heterocycles. The fraction of sp³-hybridized carbons (Fsp3) is 0.250. The van der Waals surface area contributed by atoms with Crippen molar-refractivity contribution < 1.29 is 17.6 Å². The Kier molecular flexibility index (Phi) is 4.13. The molecular formula is C16H14F4N4. The number of halogens is 4. The van der Waals surface area contributed by atoms with Crippen LogP contribution in [0.2, 0.25) is 0 Å². The lowest BCUT2D eigenvalue weighted by Crippen LogP contribution is -2.27. The van der Waals surface area contributed by atoms with Crippen LogP contribution in [0.4, 0.5) is 35.0 Å². The Morgan fingerprint density at radius 3 is 2.79 bits per heavy atom. The maximum Gasteiger partial charge on any atom is 0.416 e. The van der Waals surface area contributed by atoms with Gasteiger partial charge in [-0.25, -0.2) is 9.37 Å². The van der Waals surface area contributed by atoms with Gasteiger partial charge < -0.3 is 10.2 Å². The first-order valence-electron chi connectivity index (χ1n) is 7.31. The number of anilines is 3. The maximum atomic E-state index is 13.8. The van der Waals surface area contributed by atoms with Crippen molar-refractivity contribution in [2.75, 3.05) is 23.3 Å². The number of fused-ring (bicyclic) bond motifs is 1. The smallest absolute Gasteiger partial charge is 0.353 e. The number of likely N-dealkylation sites (N-methyl/N-ethyl adjacent to an activating group) is 1. The molecule has 0 aliphatic carbocycles. The Balaban J connectivity index is 1.93. The molecule has 0 bridgehead atoms. The van der Waals surface area contributed by atoms with Crippen molar-refractivity contribution in [3.05, 3.63) is 47.4 Å². The second-order valence-corrected chi connectivity index (χ2v) is 5.23. The van der Waals surface area contributed by atoms with Crippen molar-refractivity contribution in [2.45, 2.75) is 13.1 Å². The lowest BCUT2D eigenvalue weighted by atomic mass is 10.2. The van der Waals surface area contributed by atoms with E-state index in [1.807, 2.05) is 24.0 Å². The maximum absolute atomic E-state index is 13.8. The summed E-state index contributed by atoms with van der Waals surface area (Å²) in [5, 5.41) is 2.53. The number of benzene rings is 1. The highest BCUT2D eigenvalue weighted by molar-refractivity contribution is 5.69. The molecule has 24 heavy (non-hydrogen) atoms. The summed E-state index contributed by atoms with van der Waals surface area (Å²) in [4.78, 5) is 10.3. The molecule has 1 aromatic carbocycles. The van der Waals surface area contributed by atoms with Crippen molar-refractivity contribution in [3.63, 3.8) is 0 Å². The molecule has 1 aromatic heterocycles. The van der Waals surface area contributed by atoms with E-state index >= 15 is 0 Å². The van der Waals surface area contributed by atoms with E-state index in [9.17, 15) is 17.6 Å². The Labute approximate surface area is 135 Å². The first-order chi connectivity index (χ1) is 11.4. The molecule has 3 rings (SSSR count). The van der Waals surface area contributed by atoms with Crippen molar-refractivity contribution >= 4 is 23.5 Å². The zero-order valence-corrected chi connectivity index (χ0v) is 12.7. The highest BCUT2D eigenvalue weighted by atomic mass is 19.4. The molecule has 0 spiro atoms. The summed E-state index contributed by atoms with van der Waals surface area (Å²) >= 11 is 0. The van der Waals surface area contributed by atoms with Gasteiger partial charge in [-0.2, -0.15) is 18.2 Å². The highest BCUT2D eigenvalue weighted by Gasteiger charge is 2.31. The minimum Gasteiger partial charge on any atom is -0.353 e. The minimum atomic E-state index is -4.55. The van der Waals surface area contributed by atoms with E-state index in [-0.39, 0.29) is 11.6 Å². The standard InChI is InChI=1S/C16H14F4N4/c1-2-24-7-3-4-10-9-21-15(23-14(10)24)22-13-8-11(16(18,19)20)5-6-12(13)17/h3-6,8-9H,2,7H2,1H3,(H,21,22,23). The van der Waals surface area contributed by atoms with Crippen molar-refractivity contribution in [2.24, 2.45) is 0 Å². The topological polar surface area (TPSA) is 41.1 Å². The average molecular weight is 338 g/mol. The van der Waals surface area contributed by atoms with Crippen molar-refractivity contribution in [1.29, 1.82) is 0 Å². The second-order valence-electron chi connectivity index (χ2n) is 5.23. The van der Waals surface area contributed by atoms with Gasteiger partial charge in [0.1, 0.15) is 11.6 Å². The van der Waals surface area contributed by atoms with Gasteiger partial charge in [-0.3, -0.25) is 0 Å². The van der Waals surface area contributed by atoms with Crippen LogP contribution in [0.5, 0.6) is 0 Å². The summed E-state index contributed by atoms with van der Waals surface area (Å²) in [6, 6.07) is 2.16. The number of rotatable bonds is 3. The van der Waals surface area contributed by atoms with Gasteiger partial charge in [0.05, 0.1) is 11.3 Å². The zero-order valence-electron chi connectivity index (χ0n) is 12.7. The highest BCUT2D eigenvalue weighted by Crippen LogP contribution is 2.33. The van der Waals surface area contributed by atoms with Crippen LogP contribution < -0.4 is 10.2 Å². The quantitative estimate of drug-likeness (QED) is 0.851. The van der Waals surface area contributed by atoms with E-state index in [2.05, 4.69) is 15.3 Å². The number of nitrogens with zero attached hydrogens (tertiary/aromatic N) is 3. The number of alkyl halides is 3. The molecule has 0 amide bonds. The summed E-state index contributed by atoms with van der Waals surface area (Å²) in [5.74, 6) is -0.109. The average Bonchev–Trinajstić information content (AvgIpc) is 2.55. The van der Waals surface area contributed by atoms with E-state index in [4.69, 9.17) is 0 Å². The molecule has 0 fully saturated rings. The van der Waals surface area contributed by atoms with E-state index in [1.165, 1.54) is 0 Å². The Morgan fingerprint density at radius 2 is 2.08 bits per heavy atom. The first-order valence-corrected chi connectivity index (χ1v) is 7.31. The molecule has 8 heteroatoms. The second kappa shape index (κ2) is 6.10. The molecule has 0 saturated heterocycles. The van der Waals surface area contributed by atoms with Gasteiger partial charge in [-0.05, 0) is 25.1 Å². The number of nitrogens with one attached hydrogen (secondary N) is 1. The van der Waals surface area contributed by atoms with Gasteiger partial charge >= 0.3 is 6.18 Å². The zero-order chi connectivity index (χ0) is 17.3. The normalized spacial score (nSPS) is 13.8. The van der Waals surface area contributed by atoms with E-state index in [1.54, 1.807) is 6.20 Å². The van der Waals surface area contributed by atoms with Crippen LogP contribution in [0.25, 0.3) is 6.08 Å². The van der Waals surface area contributed by atoms with Gasteiger partial charge in [0.2, 0.25) is 5.95 Å². The van der Waals surface area contributed by atoms with Crippen molar-refractivity contribution in [3.8, 4) is 0 Å². The molecule has 1 aliphatic heterocycles. The van der Waals surface area contributed by atoms with Crippen LogP contribution >= 0.6 is 0 Å². The molecule has 0 radical (unpaired) electrons. The van der Waals surface area contributed by atoms with Gasteiger partial charge in [0, 0.05) is 24.8 Å². The third-order valence-corrected chi connectivity index (χ3v) is 3.64. The molecule has 0 unspecified atom stereocenters. The minimum absolute atomic E-state index is 0.0423. The SMILES string of the molecule is CCN1CC=Cc2cnc(Nc3cc(C(F)(F)F)ccc3F)nc21. The lowest BCUT2D eigenvalue weighted by molar-refractivity contribution is -0.137. The largest absolute Gasteiger partial charge is 0.416 e. The van der Waals surface area contributed by atoms with E-state index in [0.717, 1.165) is 11.6 Å². The van der Waals surface area contributed by atoms with Gasteiger partial charge in [0.25, 0.3) is 0 Å². The molecule has 4 nitrogen and oxygen atoms in total. The summed E-state index contributed by atoms with van der Waals surface area (Å²) in [5.41, 5.74) is -0.459. The predicted molar refractivity (Wildman–Crippen MR) is 83.6 cm³/mol. The molecule has 126 valence electrons. The summed E-state index contributed by atoms with van der Waals surface area (Å²) < 4.78 is 52.1. The lowest BCUT2D eigenvalue weighted by Gasteiger charge is -2.25. The number of hydrogen-bond donors (Lipinski definition) is 1. The molecule has 0 atom stereocenters. The van der Waals surface area contributed by atoms with Gasteiger partial charge in [0.15, 0.2) is 0 Å². The van der Waals surface area contributed by atoms with Crippen LogP contribution in [-0.2, 0) is 6.18 Å². The summed E-state index contributed by atoms with van der Waals surface area (Å²) in [6.07, 6.45) is 0.837. The molecular weight excluding hydrogens is 324 g/mol. The molecule has 2 aromatic rings. The monoisotopic (exact) mass is 338 g/mol. The van der Waals surface area contributed by atoms with E-state index < -0.39 is 17.6 Å². The fourth-order valence-corrected chi connectivity index (χ4v) is 2.40. The number of aromatic nitrogens is 2. The Morgan fingerprint density at radius 1 is 1.29 bits per heavy atom. The summed E-state index contributed by atoms with van der Waals surface area (Å²) in [7, 11) is 0. The summed E-state index contributed by atoms with van der Waals surface area (Å²) in [6.45, 7) is 3.36. The Bertz CT molecular complexity index is 786. The van der Waals surface area contributed by atoms with E-state index in [0.29, 0.717) is 31.0 Å². The number of hydrogen-bond acceptors (Lipinski definition) is 4. The molecule has 1 N–H and O–H groups in total. The van der Waals surface area contributed by atoms with Crippen LogP contribution in [0.3, 0.4) is 0 Å².